The maximum atomic E-state index is 5.83. The molecule has 2 heterocycles. The van der Waals surface area contributed by atoms with Crippen molar-refractivity contribution in [3.05, 3.63) is 48.7 Å². The summed E-state index contributed by atoms with van der Waals surface area (Å²) in [5.41, 5.74) is 1.59. The van der Waals surface area contributed by atoms with E-state index in [1.807, 2.05) is 56.3 Å². The number of hydrogen-bond acceptors (Lipinski definition) is 8. The van der Waals surface area contributed by atoms with Crippen LogP contribution in [0.15, 0.2) is 48.7 Å². The van der Waals surface area contributed by atoms with Crippen LogP contribution in [0.25, 0.3) is 0 Å². The quantitative estimate of drug-likeness (QED) is 0.666. The summed E-state index contributed by atoms with van der Waals surface area (Å²) in [6, 6.07) is 13.3. The summed E-state index contributed by atoms with van der Waals surface area (Å²) in [5, 5.41) is 14.4. The van der Waals surface area contributed by atoms with E-state index in [-0.39, 0.29) is 6.10 Å². The molecule has 3 aromatic rings. The van der Waals surface area contributed by atoms with Gasteiger partial charge in [0.15, 0.2) is 17.3 Å². The Morgan fingerprint density at radius 3 is 2.68 bits per heavy atom. The van der Waals surface area contributed by atoms with Crippen LogP contribution in [-0.2, 0) is 0 Å². The summed E-state index contributed by atoms with van der Waals surface area (Å²) in [4.78, 5) is 4.47. The monoisotopic (exact) mass is 379 g/mol. The first-order valence-electron chi connectivity index (χ1n) is 9.06. The molecule has 0 spiro atoms. The number of benzene rings is 2. The summed E-state index contributed by atoms with van der Waals surface area (Å²) < 4.78 is 17.0. The van der Waals surface area contributed by atoms with Crippen molar-refractivity contribution in [3.8, 4) is 17.2 Å². The molecule has 28 heavy (non-hydrogen) atoms. The minimum Gasteiger partial charge on any atom is -0.489 e. The highest BCUT2D eigenvalue weighted by Crippen LogP contribution is 2.33. The van der Waals surface area contributed by atoms with E-state index < -0.39 is 0 Å². The van der Waals surface area contributed by atoms with Crippen LogP contribution in [0, 0.1) is 0 Å². The third-order valence-electron chi connectivity index (χ3n) is 3.87. The van der Waals surface area contributed by atoms with Gasteiger partial charge in [-0.05, 0) is 38.1 Å². The molecule has 2 N–H and O–H groups in total. The third-order valence-corrected chi connectivity index (χ3v) is 3.87. The van der Waals surface area contributed by atoms with Gasteiger partial charge in [0.25, 0.3) is 0 Å². The number of nitrogens with one attached hydrogen (secondary N) is 2. The fraction of sp³-hybridized carbons (Fsp3) is 0.250. The van der Waals surface area contributed by atoms with Crippen molar-refractivity contribution in [1.29, 1.82) is 0 Å². The van der Waals surface area contributed by atoms with Crippen molar-refractivity contribution in [2.45, 2.75) is 20.0 Å². The molecule has 144 valence electrons. The van der Waals surface area contributed by atoms with Crippen LogP contribution < -0.4 is 24.8 Å². The van der Waals surface area contributed by atoms with Crippen molar-refractivity contribution in [2.75, 3.05) is 23.8 Å². The van der Waals surface area contributed by atoms with E-state index in [1.54, 1.807) is 6.20 Å². The highest BCUT2D eigenvalue weighted by atomic mass is 16.6. The summed E-state index contributed by atoms with van der Waals surface area (Å²) in [7, 11) is 0. The molecule has 4 rings (SSSR count). The van der Waals surface area contributed by atoms with E-state index in [4.69, 9.17) is 14.2 Å². The van der Waals surface area contributed by atoms with E-state index in [1.165, 1.54) is 0 Å². The highest BCUT2D eigenvalue weighted by molar-refractivity contribution is 5.65. The Labute approximate surface area is 162 Å². The maximum absolute atomic E-state index is 5.83. The molecular formula is C20H21N5O3. The lowest BCUT2D eigenvalue weighted by Crippen LogP contribution is -2.15. The number of anilines is 4. The zero-order valence-corrected chi connectivity index (χ0v) is 15.7. The van der Waals surface area contributed by atoms with Gasteiger partial charge in [0.05, 0.1) is 18.0 Å². The van der Waals surface area contributed by atoms with Crippen LogP contribution >= 0.6 is 0 Å². The van der Waals surface area contributed by atoms with Gasteiger partial charge in [-0.15, -0.1) is 5.10 Å². The van der Waals surface area contributed by atoms with Crippen LogP contribution in [0.4, 0.5) is 23.1 Å². The first-order valence-corrected chi connectivity index (χ1v) is 9.06. The normalized spacial score (nSPS) is 12.5. The number of nitrogens with zero attached hydrogens (tertiary/aromatic N) is 3. The second-order valence-electron chi connectivity index (χ2n) is 6.44. The van der Waals surface area contributed by atoms with E-state index in [2.05, 4.69) is 25.8 Å². The van der Waals surface area contributed by atoms with Gasteiger partial charge >= 0.3 is 0 Å². The van der Waals surface area contributed by atoms with Crippen LogP contribution in [0.2, 0.25) is 0 Å². The summed E-state index contributed by atoms with van der Waals surface area (Å²) in [6.07, 6.45) is 1.63. The number of para-hydroxylation sites is 2. The smallest absolute Gasteiger partial charge is 0.249 e. The average Bonchev–Trinajstić information content (AvgIpc) is 2.69. The van der Waals surface area contributed by atoms with Crippen molar-refractivity contribution < 1.29 is 14.2 Å². The molecule has 1 aromatic heterocycles. The van der Waals surface area contributed by atoms with Gasteiger partial charge in [-0.3, -0.25) is 0 Å². The Morgan fingerprint density at radius 2 is 1.82 bits per heavy atom. The van der Waals surface area contributed by atoms with Gasteiger partial charge in [0, 0.05) is 11.8 Å². The second kappa shape index (κ2) is 7.99. The molecule has 1 aliphatic rings. The second-order valence-corrected chi connectivity index (χ2v) is 6.44. The van der Waals surface area contributed by atoms with Crippen molar-refractivity contribution in [3.63, 3.8) is 0 Å². The molecule has 0 unspecified atom stereocenters. The summed E-state index contributed by atoms with van der Waals surface area (Å²) in [6.45, 7) is 5.06. The molecule has 0 aliphatic carbocycles. The Balaban J connectivity index is 1.51. The van der Waals surface area contributed by atoms with Gasteiger partial charge in [-0.2, -0.15) is 10.1 Å². The predicted octanol–water partition coefficient (Wildman–Crippen LogP) is 3.92. The minimum atomic E-state index is 0.0684. The topological polar surface area (TPSA) is 90.4 Å². The summed E-state index contributed by atoms with van der Waals surface area (Å²) in [5.74, 6) is 3.09. The minimum absolute atomic E-state index is 0.0684. The van der Waals surface area contributed by atoms with Gasteiger partial charge < -0.3 is 24.8 Å². The maximum Gasteiger partial charge on any atom is 0.249 e. The fourth-order valence-corrected chi connectivity index (χ4v) is 2.73. The fourth-order valence-electron chi connectivity index (χ4n) is 2.73. The molecule has 0 radical (unpaired) electrons. The molecule has 8 heteroatoms. The van der Waals surface area contributed by atoms with Crippen LogP contribution in [0.5, 0.6) is 17.2 Å². The molecule has 0 amide bonds. The van der Waals surface area contributed by atoms with Crippen LogP contribution in [-0.4, -0.2) is 34.5 Å². The van der Waals surface area contributed by atoms with E-state index >= 15 is 0 Å². The first-order chi connectivity index (χ1) is 13.7. The zero-order chi connectivity index (χ0) is 19.3. The lowest BCUT2D eigenvalue weighted by molar-refractivity contribution is 0.171. The van der Waals surface area contributed by atoms with E-state index in [9.17, 15) is 0 Å². The summed E-state index contributed by atoms with van der Waals surface area (Å²) >= 11 is 0. The number of ether oxygens (including phenoxy) is 3. The van der Waals surface area contributed by atoms with E-state index in [0.717, 1.165) is 22.9 Å². The molecule has 0 saturated heterocycles. The molecule has 8 nitrogen and oxygen atoms in total. The SMILES string of the molecule is CC(C)Oc1ccccc1Nc1cnnc(Nc2ccc3c(c2)OCCO3)n1. The van der Waals surface area contributed by atoms with Gasteiger partial charge in [0.1, 0.15) is 19.0 Å². The molecule has 0 bridgehead atoms. The first kappa shape index (κ1) is 17.8. The Morgan fingerprint density at radius 1 is 1.00 bits per heavy atom. The van der Waals surface area contributed by atoms with Crippen LogP contribution in [0.3, 0.4) is 0 Å². The molecule has 0 atom stereocenters. The lowest BCUT2D eigenvalue weighted by atomic mass is 10.2. The van der Waals surface area contributed by atoms with Crippen LogP contribution in [0.1, 0.15) is 13.8 Å². The molecular weight excluding hydrogens is 358 g/mol. The van der Waals surface area contributed by atoms with Gasteiger partial charge in [0.2, 0.25) is 5.95 Å². The highest BCUT2D eigenvalue weighted by Gasteiger charge is 2.13. The Kier molecular flexibility index (Phi) is 5.09. The number of rotatable bonds is 6. The average molecular weight is 379 g/mol. The number of hydrogen-bond donors (Lipinski definition) is 2. The number of aromatic nitrogens is 3. The Hall–Kier alpha value is -3.55. The zero-order valence-electron chi connectivity index (χ0n) is 15.7. The lowest BCUT2D eigenvalue weighted by Gasteiger charge is -2.19. The largest absolute Gasteiger partial charge is 0.489 e. The molecule has 2 aromatic carbocycles. The van der Waals surface area contributed by atoms with Crippen molar-refractivity contribution >= 4 is 23.1 Å². The standard InChI is InChI=1S/C20H21N5O3/c1-13(2)28-16-6-4-3-5-15(16)23-19-12-21-25-20(24-19)22-14-7-8-17-18(11-14)27-10-9-26-17/h3-8,11-13H,9-10H2,1-2H3,(H2,22,23,24,25). The Bertz CT molecular complexity index is 964. The molecule has 1 aliphatic heterocycles. The van der Waals surface area contributed by atoms with Crippen molar-refractivity contribution in [2.24, 2.45) is 0 Å². The van der Waals surface area contributed by atoms with Gasteiger partial charge in [-0.25, -0.2) is 0 Å². The van der Waals surface area contributed by atoms with Gasteiger partial charge in [-0.1, -0.05) is 12.1 Å². The molecule has 0 saturated carbocycles. The number of fused-ring (bicyclic) bond motifs is 1. The molecule has 0 fully saturated rings. The van der Waals surface area contributed by atoms with E-state index in [0.29, 0.717) is 30.7 Å². The van der Waals surface area contributed by atoms with Crippen molar-refractivity contribution in [1.82, 2.24) is 15.2 Å². The third kappa shape index (κ3) is 4.22. The predicted molar refractivity (Wildman–Crippen MR) is 106 cm³/mol.